The van der Waals surface area contributed by atoms with Crippen LogP contribution in [-0.4, -0.2) is 71.7 Å². The Bertz CT molecular complexity index is 1150. The first kappa shape index (κ1) is 26.5. The number of halogens is 3. The van der Waals surface area contributed by atoms with Crippen molar-refractivity contribution in [2.75, 3.05) is 32.7 Å². The van der Waals surface area contributed by atoms with E-state index in [0.717, 1.165) is 55.6 Å². The number of nitrogens with zero attached hydrogens (tertiary/aromatic N) is 2. The van der Waals surface area contributed by atoms with E-state index in [1.807, 2.05) is 17.0 Å². The molecule has 9 heteroatoms. The molecule has 1 atom stereocenters. The monoisotopic (exact) mass is 529 g/mol. The number of phenols is 1. The third-order valence-corrected chi connectivity index (χ3v) is 8.36. The second-order valence-electron chi connectivity index (χ2n) is 10.7. The van der Waals surface area contributed by atoms with E-state index in [0.29, 0.717) is 18.0 Å². The van der Waals surface area contributed by atoms with Gasteiger partial charge in [0.2, 0.25) is 5.91 Å². The summed E-state index contributed by atoms with van der Waals surface area (Å²) in [6.07, 6.45) is -1.07. The van der Waals surface area contributed by atoms with Crippen LogP contribution in [0.25, 0.3) is 11.1 Å². The van der Waals surface area contributed by atoms with Gasteiger partial charge in [0.05, 0.1) is 5.92 Å². The highest BCUT2D eigenvalue weighted by Crippen LogP contribution is 2.35. The number of aromatic hydroxyl groups is 1. The normalized spacial score (nSPS) is 21.8. The van der Waals surface area contributed by atoms with Crippen LogP contribution < -0.4 is 5.32 Å². The summed E-state index contributed by atoms with van der Waals surface area (Å²) in [4.78, 5) is 29.3. The molecule has 2 aromatic carbocycles. The van der Waals surface area contributed by atoms with E-state index in [1.54, 1.807) is 30.3 Å². The summed E-state index contributed by atoms with van der Waals surface area (Å²) in [5, 5.41) is 14.1. The minimum absolute atomic E-state index is 0.0680. The fourth-order valence-corrected chi connectivity index (χ4v) is 6.01. The van der Waals surface area contributed by atoms with Crippen molar-refractivity contribution in [3.63, 3.8) is 0 Å². The average Bonchev–Trinajstić information content (AvgIpc) is 3.29. The molecular weight excluding hydrogens is 495 g/mol. The molecule has 3 saturated heterocycles. The summed E-state index contributed by atoms with van der Waals surface area (Å²) < 4.78 is 38.7. The number of likely N-dealkylation sites (tertiary alicyclic amines) is 2. The maximum Gasteiger partial charge on any atom is 0.391 e. The highest BCUT2D eigenvalue weighted by atomic mass is 19.4. The molecule has 0 saturated carbocycles. The first-order valence-electron chi connectivity index (χ1n) is 13.5. The second-order valence-corrected chi connectivity index (χ2v) is 10.7. The maximum absolute atomic E-state index is 13.0. The SMILES string of the molecule is O=C(c1ccc(-c2ccc(C[C@@H]3CCN(C4CCNCC4)C3=O)c(O)c2)cc1)N1CCC(C(F)(F)F)CC1. The summed E-state index contributed by atoms with van der Waals surface area (Å²) >= 11 is 0. The van der Waals surface area contributed by atoms with Crippen LogP contribution in [0.15, 0.2) is 42.5 Å². The van der Waals surface area contributed by atoms with Gasteiger partial charge < -0.3 is 20.2 Å². The van der Waals surface area contributed by atoms with Crippen LogP contribution in [0.1, 0.15) is 48.0 Å². The number of carbonyl (C=O) groups is 2. The zero-order valence-corrected chi connectivity index (χ0v) is 21.3. The lowest BCUT2D eigenvalue weighted by molar-refractivity contribution is -0.183. The Hall–Kier alpha value is -3.07. The van der Waals surface area contributed by atoms with Gasteiger partial charge in [-0.3, -0.25) is 9.59 Å². The van der Waals surface area contributed by atoms with Crippen molar-refractivity contribution in [2.24, 2.45) is 11.8 Å². The number of alkyl halides is 3. The molecule has 6 nitrogen and oxygen atoms in total. The van der Waals surface area contributed by atoms with E-state index in [4.69, 9.17) is 0 Å². The van der Waals surface area contributed by atoms with Crippen molar-refractivity contribution in [1.82, 2.24) is 15.1 Å². The molecule has 0 radical (unpaired) electrons. The lowest BCUT2D eigenvalue weighted by Gasteiger charge is -2.33. The fraction of sp³-hybridized carbons (Fsp3) is 0.517. The fourth-order valence-electron chi connectivity index (χ4n) is 6.01. The third-order valence-electron chi connectivity index (χ3n) is 8.36. The summed E-state index contributed by atoms with van der Waals surface area (Å²) in [7, 11) is 0. The van der Waals surface area contributed by atoms with Crippen LogP contribution >= 0.6 is 0 Å². The topological polar surface area (TPSA) is 72.9 Å². The molecule has 0 aromatic heterocycles. The van der Waals surface area contributed by atoms with Gasteiger partial charge in [-0.05, 0) is 86.5 Å². The molecule has 0 aliphatic carbocycles. The molecule has 0 spiro atoms. The molecule has 3 aliphatic rings. The standard InChI is InChI=1S/C29H34F3N3O3/c30-29(31,32)24-10-14-34(15-11-24)27(37)20-3-1-19(2-4-20)21-5-6-22(26(36)18-21)17-23-9-16-35(28(23)38)25-7-12-33-13-8-25/h1-6,18,23-25,33,36H,7-17H2/t23-/m0/s1. The Kier molecular flexibility index (Phi) is 7.66. The second kappa shape index (κ2) is 11.0. The molecule has 3 aliphatic heterocycles. The number of hydrogen-bond acceptors (Lipinski definition) is 4. The molecule has 3 heterocycles. The zero-order valence-electron chi connectivity index (χ0n) is 21.3. The Balaban J connectivity index is 1.19. The lowest BCUT2D eigenvalue weighted by atomic mass is 9.94. The highest BCUT2D eigenvalue weighted by molar-refractivity contribution is 5.94. The molecule has 2 aromatic rings. The van der Waals surface area contributed by atoms with E-state index >= 15 is 0 Å². The summed E-state index contributed by atoms with van der Waals surface area (Å²) in [6.45, 7) is 2.85. The zero-order chi connectivity index (χ0) is 26.9. The largest absolute Gasteiger partial charge is 0.508 e. The van der Waals surface area contributed by atoms with Crippen molar-refractivity contribution in [3.05, 3.63) is 53.6 Å². The third kappa shape index (κ3) is 5.67. The average molecular weight is 530 g/mol. The molecule has 0 bridgehead atoms. The van der Waals surface area contributed by atoms with Gasteiger partial charge in [0, 0.05) is 37.2 Å². The first-order chi connectivity index (χ1) is 18.2. The van der Waals surface area contributed by atoms with Crippen molar-refractivity contribution >= 4 is 11.8 Å². The summed E-state index contributed by atoms with van der Waals surface area (Å²) in [5.41, 5.74) is 2.77. The number of amides is 2. The minimum atomic E-state index is -4.21. The molecule has 5 rings (SSSR count). The van der Waals surface area contributed by atoms with Crippen LogP contribution in [0.3, 0.4) is 0 Å². The smallest absolute Gasteiger partial charge is 0.391 e. The Labute approximate surface area is 220 Å². The van der Waals surface area contributed by atoms with Gasteiger partial charge in [0.15, 0.2) is 0 Å². The number of carbonyl (C=O) groups excluding carboxylic acids is 2. The Morgan fingerprint density at radius 1 is 0.921 bits per heavy atom. The Morgan fingerprint density at radius 2 is 1.58 bits per heavy atom. The van der Waals surface area contributed by atoms with Crippen molar-refractivity contribution < 1.29 is 27.9 Å². The van der Waals surface area contributed by atoms with Gasteiger partial charge >= 0.3 is 6.18 Å². The molecule has 204 valence electrons. The van der Waals surface area contributed by atoms with Crippen LogP contribution in [0.5, 0.6) is 5.75 Å². The van der Waals surface area contributed by atoms with E-state index in [2.05, 4.69) is 5.32 Å². The summed E-state index contributed by atoms with van der Waals surface area (Å²) in [6, 6.07) is 12.6. The summed E-state index contributed by atoms with van der Waals surface area (Å²) in [5.74, 6) is -1.40. The van der Waals surface area contributed by atoms with Gasteiger partial charge in [0.1, 0.15) is 5.75 Å². The highest BCUT2D eigenvalue weighted by Gasteiger charge is 2.42. The van der Waals surface area contributed by atoms with E-state index in [1.165, 1.54) is 4.90 Å². The predicted molar refractivity (Wildman–Crippen MR) is 138 cm³/mol. The number of rotatable bonds is 5. The maximum atomic E-state index is 13.0. The van der Waals surface area contributed by atoms with E-state index < -0.39 is 12.1 Å². The molecule has 38 heavy (non-hydrogen) atoms. The number of benzene rings is 2. The van der Waals surface area contributed by atoms with Crippen LogP contribution in [0.2, 0.25) is 0 Å². The molecule has 2 amide bonds. The van der Waals surface area contributed by atoms with Crippen molar-refractivity contribution in [2.45, 2.75) is 50.7 Å². The quantitative estimate of drug-likeness (QED) is 0.593. The van der Waals surface area contributed by atoms with Gasteiger partial charge in [-0.25, -0.2) is 0 Å². The number of piperidine rings is 2. The van der Waals surface area contributed by atoms with Crippen LogP contribution in [0.4, 0.5) is 13.2 Å². The minimum Gasteiger partial charge on any atom is -0.508 e. The Morgan fingerprint density at radius 3 is 2.21 bits per heavy atom. The van der Waals surface area contributed by atoms with Gasteiger partial charge in [-0.15, -0.1) is 0 Å². The van der Waals surface area contributed by atoms with Gasteiger partial charge in [-0.1, -0.05) is 24.3 Å². The van der Waals surface area contributed by atoms with Crippen molar-refractivity contribution in [3.8, 4) is 16.9 Å². The van der Waals surface area contributed by atoms with Crippen LogP contribution in [0, 0.1) is 11.8 Å². The molecule has 2 N–H and O–H groups in total. The van der Waals surface area contributed by atoms with Crippen LogP contribution in [-0.2, 0) is 11.2 Å². The molecule has 3 fully saturated rings. The molecular formula is C29H34F3N3O3. The van der Waals surface area contributed by atoms with Gasteiger partial charge in [0.25, 0.3) is 5.91 Å². The van der Waals surface area contributed by atoms with E-state index in [-0.39, 0.29) is 49.4 Å². The molecule has 0 unspecified atom stereocenters. The lowest BCUT2D eigenvalue weighted by Crippen LogP contribution is -2.44. The van der Waals surface area contributed by atoms with E-state index in [9.17, 15) is 27.9 Å². The first-order valence-corrected chi connectivity index (χ1v) is 13.5. The number of phenolic OH excluding ortho intramolecular Hbond substituents is 1. The number of nitrogens with one attached hydrogen (secondary N) is 1. The predicted octanol–water partition coefficient (Wildman–Crippen LogP) is 4.62. The van der Waals surface area contributed by atoms with Gasteiger partial charge in [-0.2, -0.15) is 13.2 Å². The number of hydrogen-bond donors (Lipinski definition) is 2. The van der Waals surface area contributed by atoms with Crippen molar-refractivity contribution in [1.29, 1.82) is 0 Å².